The van der Waals surface area contributed by atoms with Gasteiger partial charge in [-0.1, -0.05) is 96.1 Å². The predicted octanol–water partition coefficient (Wildman–Crippen LogP) is 9.59. The first-order chi connectivity index (χ1) is 16.1. The minimum Gasteiger partial charge on any atom is -0.454 e. The van der Waals surface area contributed by atoms with E-state index >= 15 is 0 Å². The highest BCUT2D eigenvalue weighted by Gasteiger charge is 2.19. The van der Waals surface area contributed by atoms with Gasteiger partial charge in [0, 0.05) is 22.0 Å². The molecule has 1 heterocycles. The molecule has 0 aliphatic rings. The summed E-state index contributed by atoms with van der Waals surface area (Å²) in [5.41, 5.74) is 9.04. The summed E-state index contributed by atoms with van der Waals surface area (Å²) >= 11 is 0. The molecule has 5 aromatic rings. The molecule has 4 aromatic carbocycles. The van der Waals surface area contributed by atoms with E-state index in [9.17, 15) is 0 Å². The Bertz CT molecular complexity index is 1480. The lowest BCUT2D eigenvalue weighted by Crippen LogP contribution is -2.11. The Hall–Kier alpha value is -3.52. The number of hydrogen-bond donors (Lipinski definition) is 1. The minimum atomic E-state index is 0.0750. The summed E-state index contributed by atoms with van der Waals surface area (Å²) < 4.78 is 6.38. The second-order valence-corrected chi connectivity index (χ2v) is 11.2. The first kappa shape index (κ1) is 22.3. The highest BCUT2D eigenvalue weighted by atomic mass is 16.3. The Kier molecular flexibility index (Phi) is 5.28. The monoisotopic (exact) mass is 447 g/mol. The van der Waals surface area contributed by atoms with E-state index in [0.717, 1.165) is 33.3 Å². The van der Waals surface area contributed by atoms with E-state index in [1.807, 2.05) is 0 Å². The van der Waals surface area contributed by atoms with Gasteiger partial charge < -0.3 is 9.73 Å². The van der Waals surface area contributed by atoms with Crippen LogP contribution in [0.5, 0.6) is 0 Å². The van der Waals surface area contributed by atoms with Crippen molar-refractivity contribution in [3.8, 4) is 11.1 Å². The Morgan fingerprint density at radius 2 is 1.26 bits per heavy atom. The van der Waals surface area contributed by atoms with Crippen LogP contribution in [0, 0.1) is 0 Å². The Morgan fingerprint density at radius 3 is 1.97 bits per heavy atom. The topological polar surface area (TPSA) is 25.2 Å². The van der Waals surface area contributed by atoms with Crippen LogP contribution < -0.4 is 5.32 Å². The van der Waals surface area contributed by atoms with E-state index in [4.69, 9.17) is 4.42 Å². The molecule has 0 spiro atoms. The fourth-order valence-electron chi connectivity index (χ4n) is 4.48. The highest BCUT2D eigenvalue weighted by molar-refractivity contribution is 6.09. The summed E-state index contributed by atoms with van der Waals surface area (Å²) in [6.07, 6.45) is 0. The number of benzene rings is 4. The van der Waals surface area contributed by atoms with Crippen molar-refractivity contribution in [1.82, 2.24) is 0 Å². The number of nitrogens with one attached hydrogen (secondary N) is 1. The Balaban J connectivity index is 1.65. The van der Waals surface area contributed by atoms with Crippen molar-refractivity contribution >= 4 is 33.3 Å². The summed E-state index contributed by atoms with van der Waals surface area (Å²) in [5.74, 6) is 0. The quantitative estimate of drug-likeness (QED) is 0.298. The first-order valence-corrected chi connectivity index (χ1v) is 12.0. The zero-order chi connectivity index (χ0) is 24.1. The average molecular weight is 448 g/mol. The average Bonchev–Trinajstić information content (AvgIpc) is 3.18. The molecule has 1 N–H and O–H groups in total. The molecule has 0 aliphatic heterocycles. The van der Waals surface area contributed by atoms with Crippen LogP contribution in [-0.2, 0) is 10.8 Å². The molecule has 172 valence electrons. The van der Waals surface area contributed by atoms with Gasteiger partial charge in [0.2, 0.25) is 0 Å². The molecule has 0 atom stereocenters. The first-order valence-electron chi connectivity index (χ1n) is 12.0. The molecule has 2 nitrogen and oxygen atoms in total. The van der Waals surface area contributed by atoms with Gasteiger partial charge in [0.05, 0.1) is 5.69 Å². The molecule has 0 aliphatic carbocycles. The molecule has 0 bridgehead atoms. The number of hydrogen-bond acceptors (Lipinski definition) is 2. The Labute approximate surface area is 202 Å². The maximum absolute atomic E-state index is 6.38. The molecular formula is C32H33NO. The number of para-hydroxylation sites is 1. The van der Waals surface area contributed by atoms with Gasteiger partial charge in [0.15, 0.2) is 5.58 Å². The smallest absolute Gasteiger partial charge is 0.158 e. The van der Waals surface area contributed by atoms with Gasteiger partial charge in [0.25, 0.3) is 0 Å². The highest BCUT2D eigenvalue weighted by Crippen LogP contribution is 2.39. The fourth-order valence-corrected chi connectivity index (χ4v) is 4.48. The molecule has 0 radical (unpaired) electrons. The third kappa shape index (κ3) is 4.09. The van der Waals surface area contributed by atoms with E-state index in [0.29, 0.717) is 0 Å². The van der Waals surface area contributed by atoms with Crippen LogP contribution in [0.4, 0.5) is 11.4 Å². The molecule has 5 rings (SSSR count). The SMILES string of the molecule is CC(C)(C)c1ccc(Nc2cccc3c2oc2ccc(C(C)(C)C)cc23)c(-c2ccccc2)c1. The summed E-state index contributed by atoms with van der Waals surface area (Å²) in [5, 5.41) is 6.01. The molecule has 34 heavy (non-hydrogen) atoms. The van der Waals surface area contributed by atoms with Crippen LogP contribution in [-0.4, -0.2) is 0 Å². The largest absolute Gasteiger partial charge is 0.454 e. The van der Waals surface area contributed by atoms with Gasteiger partial charge in [-0.05, 0) is 57.9 Å². The van der Waals surface area contributed by atoms with Crippen LogP contribution >= 0.6 is 0 Å². The Morgan fingerprint density at radius 1 is 0.588 bits per heavy atom. The molecular weight excluding hydrogens is 414 g/mol. The van der Waals surface area contributed by atoms with Crippen molar-refractivity contribution in [2.75, 3.05) is 5.32 Å². The number of anilines is 2. The van der Waals surface area contributed by atoms with Crippen LogP contribution in [0.25, 0.3) is 33.1 Å². The van der Waals surface area contributed by atoms with Crippen LogP contribution in [0.3, 0.4) is 0 Å². The van der Waals surface area contributed by atoms with Crippen molar-refractivity contribution in [2.24, 2.45) is 0 Å². The van der Waals surface area contributed by atoms with Gasteiger partial charge >= 0.3 is 0 Å². The van der Waals surface area contributed by atoms with E-state index < -0.39 is 0 Å². The lowest BCUT2D eigenvalue weighted by molar-refractivity contribution is 0.590. The molecule has 0 amide bonds. The molecule has 0 saturated carbocycles. The van der Waals surface area contributed by atoms with Crippen LogP contribution in [0.1, 0.15) is 52.7 Å². The predicted molar refractivity (Wildman–Crippen MR) is 146 cm³/mol. The molecule has 0 saturated heterocycles. The zero-order valence-electron chi connectivity index (χ0n) is 21.0. The summed E-state index contributed by atoms with van der Waals surface area (Å²) in [7, 11) is 0. The van der Waals surface area contributed by atoms with Gasteiger partial charge in [-0.2, -0.15) is 0 Å². The summed E-state index contributed by atoms with van der Waals surface area (Å²) in [6.45, 7) is 13.5. The summed E-state index contributed by atoms with van der Waals surface area (Å²) in [4.78, 5) is 0. The van der Waals surface area contributed by atoms with Crippen molar-refractivity contribution < 1.29 is 4.42 Å². The lowest BCUT2D eigenvalue weighted by Gasteiger charge is -2.22. The zero-order valence-corrected chi connectivity index (χ0v) is 21.0. The van der Waals surface area contributed by atoms with Crippen molar-refractivity contribution in [3.05, 3.63) is 96.1 Å². The molecule has 2 heteroatoms. The normalized spacial score (nSPS) is 12.4. The van der Waals surface area contributed by atoms with Crippen LogP contribution in [0.2, 0.25) is 0 Å². The number of furan rings is 1. The second kappa shape index (κ2) is 8.06. The van der Waals surface area contributed by atoms with E-state index in [2.05, 4.69) is 132 Å². The maximum Gasteiger partial charge on any atom is 0.158 e. The van der Waals surface area contributed by atoms with Gasteiger partial charge in [0.1, 0.15) is 5.58 Å². The standard InChI is InChI=1S/C32H33NO/c1-31(2,3)22-15-17-27(25(19-22)21-11-8-7-9-12-21)33-28-14-10-13-24-26-20-23(32(4,5)6)16-18-29(26)34-30(24)28/h7-20,33H,1-6H3. The third-order valence-corrected chi connectivity index (χ3v) is 6.60. The van der Waals surface area contributed by atoms with Crippen molar-refractivity contribution in [1.29, 1.82) is 0 Å². The van der Waals surface area contributed by atoms with Gasteiger partial charge in [-0.15, -0.1) is 0 Å². The molecule has 0 fully saturated rings. The number of rotatable bonds is 3. The van der Waals surface area contributed by atoms with E-state index in [1.54, 1.807) is 0 Å². The lowest BCUT2D eigenvalue weighted by atomic mass is 9.85. The fraction of sp³-hybridized carbons (Fsp3) is 0.250. The van der Waals surface area contributed by atoms with E-state index in [1.165, 1.54) is 22.3 Å². The van der Waals surface area contributed by atoms with Crippen LogP contribution in [0.15, 0.2) is 89.3 Å². The molecule has 1 aromatic heterocycles. The van der Waals surface area contributed by atoms with Gasteiger partial charge in [-0.25, -0.2) is 0 Å². The summed E-state index contributed by atoms with van der Waals surface area (Å²) in [6, 6.07) is 30.2. The van der Waals surface area contributed by atoms with Crippen molar-refractivity contribution in [2.45, 2.75) is 52.4 Å². The number of fused-ring (bicyclic) bond motifs is 3. The van der Waals surface area contributed by atoms with Gasteiger partial charge in [-0.3, -0.25) is 0 Å². The third-order valence-electron chi connectivity index (χ3n) is 6.60. The van der Waals surface area contributed by atoms with E-state index in [-0.39, 0.29) is 10.8 Å². The van der Waals surface area contributed by atoms with Crippen molar-refractivity contribution in [3.63, 3.8) is 0 Å². The minimum absolute atomic E-state index is 0.0750. The maximum atomic E-state index is 6.38. The molecule has 0 unspecified atom stereocenters. The second-order valence-electron chi connectivity index (χ2n) is 11.2.